The Morgan fingerprint density at radius 3 is 2.14 bits per heavy atom. The molecular formula is C25H29N3O6SSi. The molecule has 0 aliphatic carbocycles. The van der Waals surface area contributed by atoms with Gasteiger partial charge in [0.15, 0.2) is 0 Å². The number of thioether (sulfide) groups is 1. The van der Waals surface area contributed by atoms with E-state index in [1.807, 2.05) is 60.7 Å². The van der Waals surface area contributed by atoms with Gasteiger partial charge in [0.2, 0.25) is 0 Å². The Bertz CT molecular complexity index is 1210. The average molecular weight is 528 g/mol. The monoisotopic (exact) mass is 527 g/mol. The average Bonchev–Trinajstić information content (AvgIpc) is 2.82. The van der Waals surface area contributed by atoms with Gasteiger partial charge in [-0.3, -0.25) is 14.9 Å². The minimum atomic E-state index is -2.91. The first kappa shape index (κ1) is 27.2. The van der Waals surface area contributed by atoms with Gasteiger partial charge in [-0.15, -0.1) is 11.8 Å². The van der Waals surface area contributed by atoms with E-state index in [-0.39, 0.29) is 22.3 Å². The lowest BCUT2D eigenvalue weighted by Gasteiger charge is -2.43. The molecule has 0 aliphatic rings. The van der Waals surface area contributed by atoms with E-state index in [0.717, 1.165) is 22.1 Å². The van der Waals surface area contributed by atoms with Crippen LogP contribution >= 0.6 is 11.8 Å². The number of amides is 1. The van der Waals surface area contributed by atoms with Gasteiger partial charge in [0.1, 0.15) is 0 Å². The molecule has 1 aromatic heterocycles. The van der Waals surface area contributed by atoms with Gasteiger partial charge in [-0.05, 0) is 21.5 Å². The number of benzene rings is 2. The van der Waals surface area contributed by atoms with Crippen molar-refractivity contribution in [1.82, 2.24) is 10.3 Å². The highest BCUT2D eigenvalue weighted by molar-refractivity contribution is 7.99. The van der Waals surface area contributed by atoms with Crippen LogP contribution in [0.15, 0.2) is 82.6 Å². The molecule has 1 atom stereocenters. The number of nitrogens with one attached hydrogen (secondary N) is 2. The molecule has 0 bridgehead atoms. The second-order valence-electron chi connectivity index (χ2n) is 9.21. The van der Waals surface area contributed by atoms with Gasteiger partial charge in [0.05, 0.1) is 22.5 Å². The summed E-state index contributed by atoms with van der Waals surface area (Å²) in [6, 6.07) is 20.6. The van der Waals surface area contributed by atoms with Crippen LogP contribution in [0.3, 0.4) is 0 Å². The van der Waals surface area contributed by atoms with Crippen LogP contribution in [0.25, 0.3) is 0 Å². The largest absolute Gasteiger partial charge is 0.465 e. The van der Waals surface area contributed by atoms with Crippen molar-refractivity contribution in [3.8, 4) is 0 Å². The van der Waals surface area contributed by atoms with Crippen molar-refractivity contribution in [1.29, 1.82) is 0 Å². The van der Waals surface area contributed by atoms with Gasteiger partial charge < -0.3 is 19.8 Å². The Labute approximate surface area is 214 Å². The first-order valence-corrected chi connectivity index (χ1v) is 14.2. The summed E-state index contributed by atoms with van der Waals surface area (Å²) in [5, 5.41) is 25.1. The number of carbonyl (C=O) groups is 1. The molecule has 36 heavy (non-hydrogen) atoms. The molecule has 0 saturated heterocycles. The fourth-order valence-corrected chi connectivity index (χ4v) is 9.86. The predicted molar refractivity (Wildman–Crippen MR) is 143 cm³/mol. The standard InChI is InChI=1S/C25H29N3O6SSi/c1-25(2,3)36(19-10-6-4-7-11-19,20-12-8-5-9-13-20)34-16-18(27-24(30)31)17-35-21-14-15-26-23(29)22(21)28(32)33/h4-15,18,27H,16-17H2,1-3H3,(H,26,29)(H,30,31)/t18-/m1/s1. The zero-order chi connectivity index (χ0) is 26.3. The summed E-state index contributed by atoms with van der Waals surface area (Å²) in [7, 11) is -2.91. The fourth-order valence-electron chi connectivity index (χ4n) is 4.23. The third-order valence-corrected chi connectivity index (χ3v) is 12.0. The summed E-state index contributed by atoms with van der Waals surface area (Å²) >= 11 is 1.04. The molecular weight excluding hydrogens is 498 g/mol. The zero-order valence-corrected chi connectivity index (χ0v) is 22.1. The maximum absolute atomic E-state index is 11.9. The smallest absolute Gasteiger partial charge is 0.404 e. The van der Waals surface area contributed by atoms with E-state index in [0.29, 0.717) is 0 Å². The summed E-state index contributed by atoms with van der Waals surface area (Å²) < 4.78 is 6.82. The molecule has 3 rings (SSSR count). The number of hydrogen-bond donors (Lipinski definition) is 3. The number of aromatic amines is 1. The summed E-state index contributed by atoms with van der Waals surface area (Å²) in [5.74, 6) is 0.134. The normalized spacial score (nSPS) is 12.6. The molecule has 9 nitrogen and oxygen atoms in total. The van der Waals surface area contributed by atoms with Crippen molar-refractivity contribution in [2.45, 2.75) is 36.7 Å². The van der Waals surface area contributed by atoms with Crippen LogP contribution in [-0.2, 0) is 4.43 Å². The van der Waals surface area contributed by atoms with Gasteiger partial charge in [0, 0.05) is 11.9 Å². The molecule has 0 radical (unpaired) electrons. The SMILES string of the molecule is CC(C)(C)[Si](OC[C@H](CSc1cc[nH]c(=O)c1[N+](=O)[O-])NC(=O)O)(c1ccccc1)c1ccccc1. The van der Waals surface area contributed by atoms with E-state index < -0.39 is 36.6 Å². The van der Waals surface area contributed by atoms with Crippen LogP contribution in [0.5, 0.6) is 0 Å². The van der Waals surface area contributed by atoms with Crippen LogP contribution < -0.4 is 21.2 Å². The molecule has 11 heteroatoms. The van der Waals surface area contributed by atoms with Crippen molar-refractivity contribution in [3.05, 3.63) is 93.4 Å². The van der Waals surface area contributed by atoms with Crippen LogP contribution in [-0.4, -0.2) is 47.8 Å². The number of aromatic nitrogens is 1. The number of H-pyrrole nitrogens is 1. The number of carboxylic acid groups (broad SMARTS) is 1. The first-order chi connectivity index (χ1) is 17.1. The molecule has 3 N–H and O–H groups in total. The lowest BCUT2D eigenvalue weighted by atomic mass is 10.2. The van der Waals surface area contributed by atoms with Crippen molar-refractivity contribution < 1.29 is 19.3 Å². The van der Waals surface area contributed by atoms with E-state index in [1.165, 1.54) is 12.3 Å². The molecule has 0 fully saturated rings. The predicted octanol–water partition coefficient (Wildman–Crippen LogP) is 3.59. The molecule has 0 unspecified atom stereocenters. The van der Waals surface area contributed by atoms with Crippen molar-refractivity contribution >= 4 is 42.2 Å². The summed E-state index contributed by atoms with van der Waals surface area (Å²) in [6.45, 7) is 6.40. The highest BCUT2D eigenvalue weighted by Crippen LogP contribution is 2.37. The number of rotatable bonds is 10. The summed E-state index contributed by atoms with van der Waals surface area (Å²) in [6.07, 6.45) is 0.0999. The Kier molecular flexibility index (Phi) is 8.72. The minimum absolute atomic E-state index is 0.0452. The molecule has 2 aromatic carbocycles. The number of nitrogens with zero attached hydrogens (tertiary/aromatic N) is 1. The van der Waals surface area contributed by atoms with E-state index in [4.69, 9.17) is 4.43 Å². The first-order valence-electron chi connectivity index (χ1n) is 11.3. The highest BCUT2D eigenvalue weighted by Gasteiger charge is 2.50. The third-order valence-electron chi connectivity index (χ3n) is 5.77. The highest BCUT2D eigenvalue weighted by atomic mass is 32.2. The van der Waals surface area contributed by atoms with E-state index in [1.54, 1.807) is 0 Å². The van der Waals surface area contributed by atoms with Gasteiger partial charge in [-0.1, -0.05) is 81.4 Å². The van der Waals surface area contributed by atoms with Crippen LogP contribution in [0.1, 0.15) is 20.8 Å². The number of pyridine rings is 1. The lowest BCUT2D eigenvalue weighted by Crippen LogP contribution is -2.67. The Morgan fingerprint density at radius 1 is 1.11 bits per heavy atom. The third kappa shape index (κ3) is 6.04. The molecule has 3 aromatic rings. The Balaban J connectivity index is 1.96. The van der Waals surface area contributed by atoms with Crippen molar-refractivity contribution in [2.24, 2.45) is 0 Å². The summed E-state index contributed by atoms with van der Waals surface area (Å²) in [5.41, 5.74) is -1.37. The van der Waals surface area contributed by atoms with Gasteiger partial charge in [-0.25, -0.2) is 4.79 Å². The van der Waals surface area contributed by atoms with E-state index in [2.05, 4.69) is 31.1 Å². The summed E-state index contributed by atoms with van der Waals surface area (Å²) in [4.78, 5) is 36.6. The molecule has 0 spiro atoms. The fraction of sp³-hybridized carbons (Fsp3) is 0.280. The van der Waals surface area contributed by atoms with Crippen LogP contribution in [0.4, 0.5) is 10.5 Å². The van der Waals surface area contributed by atoms with Gasteiger partial charge >= 0.3 is 17.3 Å². The number of nitro groups is 1. The Morgan fingerprint density at radius 2 is 1.67 bits per heavy atom. The van der Waals surface area contributed by atoms with Gasteiger partial charge in [-0.2, -0.15) is 0 Å². The quantitative estimate of drug-likeness (QED) is 0.159. The topological polar surface area (TPSA) is 135 Å². The van der Waals surface area contributed by atoms with E-state index >= 15 is 0 Å². The number of hydrogen-bond acceptors (Lipinski definition) is 6. The van der Waals surface area contributed by atoms with Gasteiger partial charge in [0.25, 0.3) is 8.32 Å². The second-order valence-corrected chi connectivity index (χ2v) is 14.6. The Hall–Kier alpha value is -3.41. The van der Waals surface area contributed by atoms with Crippen LogP contribution in [0, 0.1) is 10.1 Å². The maximum atomic E-state index is 11.9. The maximum Gasteiger partial charge on any atom is 0.404 e. The van der Waals surface area contributed by atoms with Crippen LogP contribution in [0.2, 0.25) is 5.04 Å². The zero-order valence-electron chi connectivity index (χ0n) is 20.3. The molecule has 0 aliphatic heterocycles. The minimum Gasteiger partial charge on any atom is -0.465 e. The molecule has 190 valence electrons. The molecule has 0 saturated carbocycles. The van der Waals surface area contributed by atoms with E-state index in [9.17, 15) is 24.8 Å². The molecule has 1 amide bonds. The van der Waals surface area contributed by atoms with Crippen molar-refractivity contribution in [3.63, 3.8) is 0 Å². The van der Waals surface area contributed by atoms with Crippen molar-refractivity contribution in [2.75, 3.05) is 12.4 Å². The lowest BCUT2D eigenvalue weighted by molar-refractivity contribution is -0.389. The second kappa shape index (κ2) is 11.5. The molecule has 1 heterocycles.